The molecule has 0 bridgehead atoms. The van der Waals surface area contributed by atoms with Crippen LogP contribution in [0.4, 0.5) is 0 Å². The van der Waals surface area contributed by atoms with Gasteiger partial charge in [-0.1, -0.05) is 85.5 Å². The molecule has 0 atom stereocenters. The fraction of sp³-hybridized carbons (Fsp3) is 0.132. The number of para-hydroxylation sites is 1. The Kier molecular flexibility index (Phi) is 8.80. The quantitative estimate of drug-likeness (QED) is 0.163. The zero-order chi connectivity index (χ0) is 40.2. The van der Waals surface area contributed by atoms with Crippen LogP contribution in [0.5, 0.6) is 0 Å². The zero-order valence-electron chi connectivity index (χ0n) is 33.5. The number of aromatic nitrogens is 5. The molecule has 7 heterocycles. The van der Waals surface area contributed by atoms with Crippen molar-refractivity contribution in [3.63, 3.8) is 0 Å². The number of hydrogen-bond acceptors (Lipinski definition) is 4. The topological polar surface area (TPSA) is 66.8 Å². The van der Waals surface area contributed by atoms with Gasteiger partial charge in [0.25, 0.3) is 0 Å². The van der Waals surface area contributed by atoms with Gasteiger partial charge in [-0.25, -0.2) is 9.97 Å². The molecule has 0 radical (unpaired) electrons. The lowest BCUT2D eigenvalue weighted by atomic mass is 9.97. The first-order valence-corrected chi connectivity index (χ1v) is 20.9. The van der Waals surface area contributed by atoms with Crippen LogP contribution in [0.25, 0.3) is 83.5 Å². The van der Waals surface area contributed by atoms with Gasteiger partial charge in [0.15, 0.2) is 0 Å². The number of imidazole rings is 2. The van der Waals surface area contributed by atoms with Gasteiger partial charge in [0.1, 0.15) is 45.6 Å². The van der Waals surface area contributed by atoms with E-state index in [0.29, 0.717) is 0 Å². The first-order valence-electron chi connectivity index (χ1n) is 20.9. The van der Waals surface area contributed by atoms with E-state index < -0.39 is 0 Å². The number of fused-ring (bicyclic) bond motifs is 13. The van der Waals surface area contributed by atoms with Crippen LogP contribution in [-0.4, -0.2) is 23.7 Å². The SMILES string of the molecule is C=C/C=C\C=C/C.c1cc(-c2ccc3oc4ccccc4c3c2)cc(-c2ccc3oc4ccc(-n5c6c(c7c5-n5ccnc5CCC7)CCCc5nccn5-6)cc4c3c2)c1. The fourth-order valence-corrected chi connectivity index (χ4v) is 9.31. The number of hydrogen-bond donors (Lipinski definition) is 0. The third-order valence-corrected chi connectivity index (χ3v) is 12.0. The standard InChI is InChI=1S/C46H33N5O2.C7H10/c1-2-11-39-33(8-1)36-25-30(14-17-40(36)52-39)28-6-3-7-29(24-28)31-15-18-41-37(26-31)38-27-32(16-19-42(38)53-41)51-45-34(9-4-12-43-47-20-22-49(43)45)35-10-5-13-44-48-21-23-50(44)46(35)51;1-3-5-7-6-4-2/h1-3,6-8,11,14-27H,4-5,9-10,12-13H2;3-7H,1H2,2H3/b;6-4-,7-5-. The molecule has 10 aromatic rings. The summed E-state index contributed by atoms with van der Waals surface area (Å²) in [5.41, 5.74) is 12.2. The molecular formula is C53H43N5O2. The number of nitrogens with zero attached hydrogens (tertiary/aromatic N) is 5. The molecular weight excluding hydrogens is 739 g/mol. The number of furan rings is 2. The Hall–Kier alpha value is -7.38. The van der Waals surface area contributed by atoms with E-state index in [1.54, 1.807) is 6.08 Å². The monoisotopic (exact) mass is 781 g/mol. The second kappa shape index (κ2) is 14.8. The Labute approximate surface area is 347 Å². The first kappa shape index (κ1) is 35.8. The second-order valence-corrected chi connectivity index (χ2v) is 15.6. The third kappa shape index (κ3) is 5.96. The van der Waals surface area contributed by atoms with Crippen LogP contribution in [0.3, 0.4) is 0 Å². The third-order valence-electron chi connectivity index (χ3n) is 12.0. The number of rotatable bonds is 5. The van der Waals surface area contributed by atoms with Crippen molar-refractivity contribution < 1.29 is 8.83 Å². The normalized spacial score (nSPS) is 13.6. The lowest BCUT2D eigenvalue weighted by Gasteiger charge is -2.17. The Bertz CT molecular complexity index is 3250. The molecule has 60 heavy (non-hydrogen) atoms. The van der Waals surface area contributed by atoms with Gasteiger partial charge in [-0.15, -0.1) is 0 Å². The van der Waals surface area contributed by atoms with Gasteiger partial charge in [-0.3, -0.25) is 13.7 Å². The minimum Gasteiger partial charge on any atom is -0.456 e. The molecule has 0 amide bonds. The summed E-state index contributed by atoms with van der Waals surface area (Å²) in [5.74, 6) is 4.63. The highest BCUT2D eigenvalue weighted by molar-refractivity contribution is 6.08. The predicted octanol–water partition coefficient (Wildman–Crippen LogP) is 13.3. The summed E-state index contributed by atoms with van der Waals surface area (Å²) in [4.78, 5) is 9.58. The maximum absolute atomic E-state index is 6.48. The molecule has 12 rings (SSSR count). The average Bonchev–Trinajstić information content (AvgIpc) is 4.11. The molecule has 0 spiro atoms. The fourth-order valence-electron chi connectivity index (χ4n) is 9.31. The lowest BCUT2D eigenvalue weighted by molar-refractivity contribution is 0.668. The van der Waals surface area contributed by atoms with Crippen LogP contribution in [0.2, 0.25) is 0 Å². The van der Waals surface area contributed by atoms with Crippen LogP contribution < -0.4 is 0 Å². The van der Waals surface area contributed by atoms with Crippen LogP contribution >= 0.6 is 0 Å². The maximum Gasteiger partial charge on any atom is 0.135 e. The van der Waals surface area contributed by atoms with Crippen molar-refractivity contribution >= 4 is 43.9 Å². The lowest BCUT2D eigenvalue weighted by Crippen LogP contribution is -2.11. The van der Waals surface area contributed by atoms with E-state index in [0.717, 1.165) is 116 Å². The van der Waals surface area contributed by atoms with Gasteiger partial charge in [-0.2, -0.15) is 0 Å². The summed E-state index contributed by atoms with van der Waals surface area (Å²) >= 11 is 0. The summed E-state index contributed by atoms with van der Waals surface area (Å²) in [6.07, 6.45) is 23.8. The Balaban J connectivity index is 0.000000540. The van der Waals surface area contributed by atoms with Crippen LogP contribution in [-0.2, 0) is 25.7 Å². The molecule has 0 fully saturated rings. The average molecular weight is 782 g/mol. The highest BCUT2D eigenvalue weighted by Gasteiger charge is 2.31. The molecule has 0 saturated heterocycles. The van der Waals surface area contributed by atoms with Crippen LogP contribution in [0, 0.1) is 0 Å². The smallest absolute Gasteiger partial charge is 0.135 e. The van der Waals surface area contributed by atoms with E-state index in [9.17, 15) is 0 Å². The first-order chi connectivity index (χ1) is 29.7. The van der Waals surface area contributed by atoms with E-state index in [4.69, 9.17) is 18.8 Å². The summed E-state index contributed by atoms with van der Waals surface area (Å²) in [5, 5.41) is 4.48. The van der Waals surface area contributed by atoms with Gasteiger partial charge in [0.2, 0.25) is 0 Å². The zero-order valence-corrected chi connectivity index (χ0v) is 33.5. The molecule has 0 N–H and O–H groups in total. The highest BCUT2D eigenvalue weighted by Crippen LogP contribution is 2.41. The summed E-state index contributed by atoms with van der Waals surface area (Å²) < 4.78 is 19.7. The number of allylic oxidation sites excluding steroid dienone is 5. The van der Waals surface area contributed by atoms with Crippen LogP contribution in [0.15, 0.2) is 174 Å². The van der Waals surface area contributed by atoms with Gasteiger partial charge in [0, 0.05) is 76.0 Å². The van der Waals surface area contributed by atoms with Crippen molar-refractivity contribution in [1.29, 1.82) is 0 Å². The van der Waals surface area contributed by atoms with Crippen LogP contribution in [0.1, 0.15) is 42.5 Å². The molecule has 2 aliphatic rings. The Morgan fingerprint density at radius 1 is 0.533 bits per heavy atom. The summed E-state index contributed by atoms with van der Waals surface area (Å²) in [6, 6.07) is 36.8. The van der Waals surface area contributed by atoms with Gasteiger partial charge in [0.05, 0.1) is 0 Å². The maximum atomic E-state index is 6.48. The largest absolute Gasteiger partial charge is 0.456 e. The second-order valence-electron chi connectivity index (χ2n) is 15.6. The van der Waals surface area contributed by atoms with Gasteiger partial charge >= 0.3 is 0 Å². The molecule has 7 nitrogen and oxygen atoms in total. The molecule has 292 valence electrons. The van der Waals surface area contributed by atoms with E-state index >= 15 is 0 Å². The number of benzene rings is 5. The molecule has 5 aromatic carbocycles. The Morgan fingerprint density at radius 3 is 1.70 bits per heavy atom. The molecule has 2 aliphatic heterocycles. The summed E-state index contributed by atoms with van der Waals surface area (Å²) in [6.45, 7) is 5.49. The Morgan fingerprint density at radius 2 is 1.08 bits per heavy atom. The molecule has 0 saturated carbocycles. The molecule has 0 aliphatic carbocycles. The minimum atomic E-state index is 0.881. The van der Waals surface area contributed by atoms with E-state index in [1.807, 2.05) is 55.8 Å². The summed E-state index contributed by atoms with van der Waals surface area (Å²) in [7, 11) is 0. The highest BCUT2D eigenvalue weighted by atomic mass is 16.3. The van der Waals surface area contributed by atoms with E-state index in [-0.39, 0.29) is 0 Å². The molecule has 7 heteroatoms. The van der Waals surface area contributed by atoms with Crippen molar-refractivity contribution in [2.45, 2.75) is 45.4 Å². The van der Waals surface area contributed by atoms with Crippen molar-refractivity contribution in [1.82, 2.24) is 23.7 Å². The van der Waals surface area contributed by atoms with Gasteiger partial charge in [-0.05, 0) is 109 Å². The predicted molar refractivity (Wildman–Crippen MR) is 244 cm³/mol. The van der Waals surface area contributed by atoms with E-state index in [2.05, 4.69) is 124 Å². The van der Waals surface area contributed by atoms with Gasteiger partial charge < -0.3 is 8.83 Å². The van der Waals surface area contributed by atoms with Crippen molar-refractivity contribution in [3.8, 4) is 39.6 Å². The van der Waals surface area contributed by atoms with Crippen molar-refractivity contribution in [3.05, 3.63) is 188 Å². The number of aryl methyl sites for hydroxylation is 2. The molecule has 5 aromatic heterocycles. The van der Waals surface area contributed by atoms with Crippen molar-refractivity contribution in [2.75, 3.05) is 0 Å². The van der Waals surface area contributed by atoms with Crippen molar-refractivity contribution in [2.24, 2.45) is 0 Å². The minimum absolute atomic E-state index is 0.881. The van der Waals surface area contributed by atoms with E-state index in [1.165, 1.54) is 28.3 Å². The molecule has 0 unspecified atom stereocenters.